The van der Waals surface area contributed by atoms with Gasteiger partial charge < -0.3 is 10.2 Å². The first-order valence-electron chi connectivity index (χ1n) is 9.78. The lowest BCUT2D eigenvalue weighted by Gasteiger charge is -2.23. The van der Waals surface area contributed by atoms with E-state index in [0.29, 0.717) is 17.0 Å². The van der Waals surface area contributed by atoms with Gasteiger partial charge in [0.05, 0.1) is 0 Å². The van der Waals surface area contributed by atoms with Gasteiger partial charge in [0.1, 0.15) is 0 Å². The molecule has 0 aliphatic rings. The first-order valence-corrected chi connectivity index (χ1v) is 9.78. The van der Waals surface area contributed by atoms with Crippen molar-refractivity contribution in [1.82, 2.24) is 19.9 Å². The summed E-state index contributed by atoms with van der Waals surface area (Å²) in [6.45, 7) is 8.38. The number of rotatable bonds is 9. The molecule has 0 unspecified atom stereocenters. The molecule has 0 atom stereocenters. The second-order valence-electron chi connectivity index (χ2n) is 6.79. The van der Waals surface area contributed by atoms with Crippen LogP contribution in [0.1, 0.15) is 45.1 Å². The minimum Gasteiger partial charge on any atom is -0.341 e. The van der Waals surface area contributed by atoms with E-state index >= 15 is 0 Å². The van der Waals surface area contributed by atoms with Gasteiger partial charge >= 0.3 is 0 Å². The number of aromatic nitrogens is 4. The van der Waals surface area contributed by atoms with Gasteiger partial charge in [0.2, 0.25) is 5.95 Å². The van der Waals surface area contributed by atoms with Crippen molar-refractivity contribution in [3.8, 4) is 0 Å². The van der Waals surface area contributed by atoms with Crippen molar-refractivity contribution in [1.29, 1.82) is 0 Å². The largest absolute Gasteiger partial charge is 0.341 e. The van der Waals surface area contributed by atoms with Crippen molar-refractivity contribution in [2.24, 2.45) is 0 Å². The summed E-state index contributed by atoms with van der Waals surface area (Å²) in [5, 5.41) is 3.40. The van der Waals surface area contributed by atoms with Crippen molar-refractivity contribution in [3.05, 3.63) is 42.2 Å². The van der Waals surface area contributed by atoms with E-state index in [1.54, 1.807) is 12.4 Å². The van der Waals surface area contributed by atoms with Gasteiger partial charge in [-0.1, -0.05) is 44.4 Å². The second kappa shape index (κ2) is 9.26. The van der Waals surface area contributed by atoms with Gasteiger partial charge in [-0.2, -0.15) is 9.97 Å². The molecule has 3 aromatic rings. The molecule has 0 aliphatic heterocycles. The molecule has 6 nitrogen and oxygen atoms in total. The smallest absolute Gasteiger partial charge is 0.229 e. The Balaban J connectivity index is 1.99. The molecule has 0 bridgehead atoms. The summed E-state index contributed by atoms with van der Waals surface area (Å²) in [7, 11) is 0. The van der Waals surface area contributed by atoms with Crippen molar-refractivity contribution in [3.63, 3.8) is 0 Å². The van der Waals surface area contributed by atoms with E-state index in [1.807, 2.05) is 12.1 Å². The lowest BCUT2D eigenvalue weighted by atomic mass is 10.2. The van der Waals surface area contributed by atoms with Gasteiger partial charge in [-0.25, -0.2) is 9.97 Å². The van der Waals surface area contributed by atoms with E-state index in [-0.39, 0.29) is 0 Å². The van der Waals surface area contributed by atoms with Crippen LogP contribution < -0.4 is 10.2 Å². The summed E-state index contributed by atoms with van der Waals surface area (Å²) < 4.78 is 0. The standard InChI is InChI=1S/C21H28N6/c1-4-6-14-27(15-7-5-2)21-25-19-18(22-12-13-23-19)20(26-21)24-17-10-8-16(3)9-11-17/h8-13H,4-7,14-15H2,1-3H3,(H,23,24,25,26). The van der Waals surface area contributed by atoms with Crippen LogP contribution in [0.5, 0.6) is 0 Å². The molecule has 3 rings (SSSR count). The Morgan fingerprint density at radius 2 is 1.56 bits per heavy atom. The number of hydrogen-bond acceptors (Lipinski definition) is 6. The molecule has 2 aromatic heterocycles. The number of benzene rings is 1. The summed E-state index contributed by atoms with van der Waals surface area (Å²) in [6, 6.07) is 8.25. The van der Waals surface area contributed by atoms with Crippen LogP contribution in [-0.2, 0) is 0 Å². The zero-order chi connectivity index (χ0) is 19.1. The van der Waals surface area contributed by atoms with E-state index in [9.17, 15) is 0 Å². The fourth-order valence-corrected chi connectivity index (χ4v) is 2.86. The maximum atomic E-state index is 4.83. The highest BCUT2D eigenvalue weighted by Gasteiger charge is 2.15. The van der Waals surface area contributed by atoms with Gasteiger partial charge in [-0.3, -0.25) is 0 Å². The number of anilines is 3. The molecule has 1 N–H and O–H groups in total. The van der Waals surface area contributed by atoms with Gasteiger partial charge in [-0.15, -0.1) is 0 Å². The van der Waals surface area contributed by atoms with Crippen molar-refractivity contribution < 1.29 is 0 Å². The van der Waals surface area contributed by atoms with E-state index in [1.165, 1.54) is 5.56 Å². The number of hydrogen-bond donors (Lipinski definition) is 1. The maximum absolute atomic E-state index is 4.83. The molecule has 0 saturated heterocycles. The molecular weight excluding hydrogens is 336 g/mol. The van der Waals surface area contributed by atoms with Crippen molar-refractivity contribution in [2.45, 2.75) is 46.5 Å². The lowest BCUT2D eigenvalue weighted by molar-refractivity contribution is 0.664. The van der Waals surface area contributed by atoms with Crippen LogP contribution in [0.15, 0.2) is 36.7 Å². The monoisotopic (exact) mass is 364 g/mol. The highest BCUT2D eigenvalue weighted by molar-refractivity contribution is 5.85. The van der Waals surface area contributed by atoms with E-state index in [2.05, 4.69) is 53.1 Å². The zero-order valence-electron chi connectivity index (χ0n) is 16.4. The molecule has 0 fully saturated rings. The Hall–Kier alpha value is -2.76. The lowest BCUT2D eigenvalue weighted by Crippen LogP contribution is -2.28. The van der Waals surface area contributed by atoms with Crippen molar-refractivity contribution in [2.75, 3.05) is 23.3 Å². The van der Waals surface area contributed by atoms with Crippen molar-refractivity contribution >= 4 is 28.6 Å². The minimum absolute atomic E-state index is 0.620. The molecule has 0 aliphatic carbocycles. The number of unbranched alkanes of at least 4 members (excludes halogenated alkanes) is 2. The molecule has 2 heterocycles. The van der Waals surface area contributed by atoms with E-state index in [0.717, 1.165) is 50.4 Å². The maximum Gasteiger partial charge on any atom is 0.229 e. The predicted octanol–water partition coefficient (Wildman–Crippen LogP) is 4.88. The Kier molecular flexibility index (Phi) is 6.52. The molecule has 0 radical (unpaired) electrons. The molecule has 0 amide bonds. The Morgan fingerprint density at radius 1 is 0.889 bits per heavy atom. The van der Waals surface area contributed by atoms with Crippen LogP contribution >= 0.6 is 0 Å². The summed E-state index contributed by atoms with van der Waals surface area (Å²) in [4.78, 5) is 20.7. The summed E-state index contributed by atoms with van der Waals surface area (Å²) in [5.41, 5.74) is 3.51. The van der Waals surface area contributed by atoms with Gasteiger partial charge in [0.25, 0.3) is 0 Å². The van der Waals surface area contributed by atoms with Gasteiger partial charge in [0, 0.05) is 31.2 Å². The third kappa shape index (κ3) is 4.90. The molecule has 6 heteroatoms. The minimum atomic E-state index is 0.620. The van der Waals surface area contributed by atoms with Crippen LogP contribution in [0, 0.1) is 6.92 Å². The highest BCUT2D eigenvalue weighted by Crippen LogP contribution is 2.24. The first kappa shape index (κ1) is 19.0. The molecule has 1 aromatic carbocycles. The fourth-order valence-electron chi connectivity index (χ4n) is 2.86. The summed E-state index contributed by atoms with van der Waals surface area (Å²) in [6.07, 6.45) is 7.88. The SMILES string of the molecule is CCCCN(CCCC)c1nc(Nc2ccc(C)cc2)c2nccnc2n1. The van der Waals surface area contributed by atoms with Crippen LogP contribution in [0.2, 0.25) is 0 Å². The Labute approximate surface area is 161 Å². The summed E-state index contributed by atoms with van der Waals surface area (Å²) >= 11 is 0. The summed E-state index contributed by atoms with van der Waals surface area (Å²) in [5.74, 6) is 1.42. The highest BCUT2D eigenvalue weighted by atomic mass is 15.3. The van der Waals surface area contributed by atoms with E-state index in [4.69, 9.17) is 9.97 Å². The molecule has 27 heavy (non-hydrogen) atoms. The van der Waals surface area contributed by atoms with Crippen LogP contribution in [0.4, 0.5) is 17.5 Å². The van der Waals surface area contributed by atoms with Crippen LogP contribution in [-0.4, -0.2) is 33.0 Å². The quantitative estimate of drug-likeness (QED) is 0.584. The first-order chi connectivity index (χ1) is 13.2. The second-order valence-corrected chi connectivity index (χ2v) is 6.79. The number of fused-ring (bicyclic) bond motifs is 1. The molecule has 0 saturated carbocycles. The average molecular weight is 364 g/mol. The van der Waals surface area contributed by atoms with Gasteiger partial charge in [-0.05, 0) is 31.9 Å². The number of nitrogens with one attached hydrogen (secondary N) is 1. The third-order valence-electron chi connectivity index (χ3n) is 4.48. The number of nitrogens with zero attached hydrogens (tertiary/aromatic N) is 5. The average Bonchev–Trinajstić information content (AvgIpc) is 2.70. The normalized spacial score (nSPS) is 10.9. The zero-order valence-corrected chi connectivity index (χ0v) is 16.4. The topological polar surface area (TPSA) is 66.8 Å². The number of aryl methyl sites for hydroxylation is 1. The molecule has 0 spiro atoms. The van der Waals surface area contributed by atoms with E-state index < -0.39 is 0 Å². The molecular formula is C21H28N6. The Bertz CT molecular complexity index is 854. The predicted molar refractivity (Wildman–Crippen MR) is 112 cm³/mol. The van der Waals surface area contributed by atoms with Crippen LogP contribution in [0.25, 0.3) is 11.2 Å². The third-order valence-corrected chi connectivity index (χ3v) is 4.48. The Morgan fingerprint density at radius 3 is 2.22 bits per heavy atom. The van der Waals surface area contributed by atoms with Crippen LogP contribution in [0.3, 0.4) is 0 Å². The molecule has 142 valence electrons. The fraction of sp³-hybridized carbons (Fsp3) is 0.429. The van der Waals surface area contributed by atoms with Gasteiger partial charge in [0.15, 0.2) is 17.0 Å².